The van der Waals surface area contributed by atoms with E-state index in [9.17, 15) is 9.90 Å². The van der Waals surface area contributed by atoms with E-state index < -0.39 is 5.41 Å². The first kappa shape index (κ1) is 15.3. The molecule has 1 amide bonds. The summed E-state index contributed by atoms with van der Waals surface area (Å²) in [5.41, 5.74) is 0.297. The Morgan fingerprint density at radius 1 is 1.40 bits per heavy atom. The SMILES string of the molecule is CC(C)(C(=O)NCC1CNCC1O)c1ccc(Cl)cc1. The number of halogens is 1. The molecule has 1 fully saturated rings. The first-order valence-corrected chi connectivity index (χ1v) is 7.22. The van der Waals surface area contributed by atoms with E-state index in [1.54, 1.807) is 12.1 Å². The maximum absolute atomic E-state index is 12.4. The van der Waals surface area contributed by atoms with Gasteiger partial charge in [0.2, 0.25) is 5.91 Å². The number of rotatable bonds is 4. The summed E-state index contributed by atoms with van der Waals surface area (Å²) in [7, 11) is 0. The van der Waals surface area contributed by atoms with Gasteiger partial charge in [-0.25, -0.2) is 0 Å². The van der Waals surface area contributed by atoms with Gasteiger partial charge in [0.05, 0.1) is 11.5 Å². The molecule has 4 nitrogen and oxygen atoms in total. The van der Waals surface area contributed by atoms with Crippen LogP contribution in [0.2, 0.25) is 5.02 Å². The Hall–Kier alpha value is -1.10. The van der Waals surface area contributed by atoms with Crippen LogP contribution in [0.1, 0.15) is 19.4 Å². The van der Waals surface area contributed by atoms with Crippen molar-refractivity contribution in [2.45, 2.75) is 25.4 Å². The number of benzene rings is 1. The van der Waals surface area contributed by atoms with Crippen molar-refractivity contribution in [2.75, 3.05) is 19.6 Å². The van der Waals surface area contributed by atoms with Crippen LogP contribution in [0.15, 0.2) is 24.3 Å². The lowest BCUT2D eigenvalue weighted by molar-refractivity contribution is -0.125. The van der Waals surface area contributed by atoms with Crippen molar-refractivity contribution >= 4 is 17.5 Å². The first-order chi connectivity index (χ1) is 9.41. The molecule has 110 valence electrons. The van der Waals surface area contributed by atoms with Crippen LogP contribution in [-0.2, 0) is 10.2 Å². The maximum atomic E-state index is 12.4. The lowest BCUT2D eigenvalue weighted by Gasteiger charge is -2.25. The Morgan fingerprint density at radius 3 is 2.60 bits per heavy atom. The van der Waals surface area contributed by atoms with Gasteiger partial charge in [0.25, 0.3) is 0 Å². The van der Waals surface area contributed by atoms with Gasteiger partial charge in [0, 0.05) is 30.6 Å². The van der Waals surface area contributed by atoms with Crippen molar-refractivity contribution in [1.29, 1.82) is 0 Å². The van der Waals surface area contributed by atoms with Gasteiger partial charge in [-0.1, -0.05) is 23.7 Å². The molecule has 2 rings (SSSR count). The Morgan fingerprint density at radius 2 is 2.05 bits per heavy atom. The van der Waals surface area contributed by atoms with Gasteiger partial charge in [-0.3, -0.25) is 4.79 Å². The fourth-order valence-electron chi connectivity index (χ4n) is 2.37. The van der Waals surface area contributed by atoms with E-state index in [0.717, 1.165) is 12.1 Å². The number of carbonyl (C=O) groups is 1. The smallest absolute Gasteiger partial charge is 0.230 e. The zero-order valence-electron chi connectivity index (χ0n) is 11.8. The van der Waals surface area contributed by atoms with Crippen molar-refractivity contribution in [2.24, 2.45) is 5.92 Å². The number of carbonyl (C=O) groups excluding carboxylic acids is 1. The number of aliphatic hydroxyl groups is 1. The quantitative estimate of drug-likeness (QED) is 0.785. The second-order valence-electron chi connectivity index (χ2n) is 5.83. The molecule has 0 radical (unpaired) electrons. The molecule has 1 aliphatic rings. The van der Waals surface area contributed by atoms with Crippen LogP contribution in [0.4, 0.5) is 0 Å². The summed E-state index contributed by atoms with van der Waals surface area (Å²) < 4.78 is 0. The molecule has 0 saturated carbocycles. The van der Waals surface area contributed by atoms with Gasteiger partial charge >= 0.3 is 0 Å². The molecule has 1 saturated heterocycles. The van der Waals surface area contributed by atoms with Gasteiger partial charge in [-0.15, -0.1) is 0 Å². The van der Waals surface area contributed by atoms with Gasteiger partial charge in [0.1, 0.15) is 0 Å². The van der Waals surface area contributed by atoms with Gasteiger partial charge in [0.15, 0.2) is 0 Å². The van der Waals surface area contributed by atoms with Crippen LogP contribution in [0.5, 0.6) is 0 Å². The third-order valence-corrected chi connectivity index (χ3v) is 4.21. The predicted octanol–water partition coefficient (Wildman–Crippen LogP) is 1.31. The van der Waals surface area contributed by atoms with Crippen molar-refractivity contribution < 1.29 is 9.90 Å². The molecule has 0 aliphatic carbocycles. The molecule has 1 aromatic carbocycles. The normalized spacial score (nSPS) is 22.8. The summed E-state index contributed by atoms with van der Waals surface area (Å²) in [5, 5.41) is 16.4. The molecule has 3 N–H and O–H groups in total. The second-order valence-corrected chi connectivity index (χ2v) is 6.26. The zero-order chi connectivity index (χ0) is 14.8. The topological polar surface area (TPSA) is 61.4 Å². The molecule has 20 heavy (non-hydrogen) atoms. The van der Waals surface area contributed by atoms with Gasteiger partial charge in [-0.2, -0.15) is 0 Å². The molecule has 0 aromatic heterocycles. The van der Waals surface area contributed by atoms with E-state index in [4.69, 9.17) is 11.6 Å². The van der Waals surface area contributed by atoms with E-state index in [0.29, 0.717) is 18.1 Å². The maximum Gasteiger partial charge on any atom is 0.230 e. The van der Waals surface area contributed by atoms with Crippen LogP contribution >= 0.6 is 11.6 Å². The molecule has 2 unspecified atom stereocenters. The number of β-amino-alcohol motifs (C(OH)–C–C–N with tert-alkyl or cyclic N) is 1. The highest BCUT2D eigenvalue weighted by atomic mass is 35.5. The molecule has 0 bridgehead atoms. The third-order valence-electron chi connectivity index (χ3n) is 3.96. The largest absolute Gasteiger partial charge is 0.391 e. The average molecular weight is 297 g/mol. The molecule has 1 heterocycles. The first-order valence-electron chi connectivity index (χ1n) is 6.84. The van der Waals surface area contributed by atoms with Crippen LogP contribution in [0.25, 0.3) is 0 Å². The highest BCUT2D eigenvalue weighted by Gasteiger charge is 2.31. The predicted molar refractivity (Wildman–Crippen MR) is 79.9 cm³/mol. The third kappa shape index (κ3) is 3.32. The van der Waals surface area contributed by atoms with E-state index in [1.807, 2.05) is 26.0 Å². The Bertz CT molecular complexity index is 473. The van der Waals surface area contributed by atoms with E-state index >= 15 is 0 Å². The summed E-state index contributed by atoms with van der Waals surface area (Å²) in [5.74, 6) is 0.0406. The van der Waals surface area contributed by atoms with Crippen LogP contribution in [0.3, 0.4) is 0 Å². The minimum absolute atomic E-state index is 0.0427. The zero-order valence-corrected chi connectivity index (χ0v) is 12.6. The van der Waals surface area contributed by atoms with Crippen molar-refractivity contribution in [3.63, 3.8) is 0 Å². The van der Waals surface area contributed by atoms with Crippen molar-refractivity contribution in [1.82, 2.24) is 10.6 Å². The van der Waals surface area contributed by atoms with Gasteiger partial charge < -0.3 is 15.7 Å². The lowest BCUT2D eigenvalue weighted by atomic mass is 9.83. The van der Waals surface area contributed by atoms with Crippen LogP contribution in [0, 0.1) is 5.92 Å². The number of hydrogen-bond donors (Lipinski definition) is 3. The monoisotopic (exact) mass is 296 g/mol. The second kappa shape index (κ2) is 6.12. The Balaban J connectivity index is 1.98. The number of amides is 1. The molecule has 5 heteroatoms. The Kier molecular flexibility index (Phi) is 4.68. The van der Waals surface area contributed by atoms with E-state index in [2.05, 4.69) is 10.6 Å². The summed E-state index contributed by atoms with van der Waals surface area (Å²) in [6, 6.07) is 7.31. The van der Waals surface area contributed by atoms with E-state index in [-0.39, 0.29) is 17.9 Å². The number of hydrogen-bond acceptors (Lipinski definition) is 3. The lowest BCUT2D eigenvalue weighted by Crippen LogP contribution is -2.43. The fraction of sp³-hybridized carbons (Fsp3) is 0.533. The van der Waals surface area contributed by atoms with Crippen LogP contribution in [-0.4, -0.2) is 36.8 Å². The van der Waals surface area contributed by atoms with Crippen molar-refractivity contribution in [3.8, 4) is 0 Å². The molecule has 0 spiro atoms. The number of nitrogens with one attached hydrogen (secondary N) is 2. The van der Waals surface area contributed by atoms with Crippen LogP contribution < -0.4 is 10.6 Å². The molecule has 1 aliphatic heterocycles. The summed E-state index contributed by atoms with van der Waals surface area (Å²) in [4.78, 5) is 12.4. The standard InChI is InChI=1S/C15H21ClN2O2/c1-15(2,11-3-5-12(16)6-4-11)14(20)18-8-10-7-17-9-13(10)19/h3-6,10,13,17,19H,7-9H2,1-2H3,(H,18,20). The highest BCUT2D eigenvalue weighted by Crippen LogP contribution is 2.25. The van der Waals surface area contributed by atoms with Crippen molar-refractivity contribution in [3.05, 3.63) is 34.9 Å². The van der Waals surface area contributed by atoms with Gasteiger partial charge in [-0.05, 0) is 31.5 Å². The minimum Gasteiger partial charge on any atom is -0.391 e. The fourth-order valence-corrected chi connectivity index (χ4v) is 2.50. The summed E-state index contributed by atoms with van der Waals surface area (Å²) in [6.07, 6.45) is -0.381. The highest BCUT2D eigenvalue weighted by molar-refractivity contribution is 6.30. The molecule has 1 aromatic rings. The number of aliphatic hydroxyl groups excluding tert-OH is 1. The Labute approximate surface area is 124 Å². The molecular weight excluding hydrogens is 276 g/mol. The summed E-state index contributed by atoms with van der Waals surface area (Å²) in [6.45, 7) is 5.59. The average Bonchev–Trinajstić information content (AvgIpc) is 2.82. The molecular formula is C15H21ClN2O2. The van der Waals surface area contributed by atoms with E-state index in [1.165, 1.54) is 0 Å². The summed E-state index contributed by atoms with van der Waals surface area (Å²) >= 11 is 5.87. The minimum atomic E-state index is -0.623. The molecule has 2 atom stereocenters.